The van der Waals surface area contributed by atoms with Crippen LogP contribution in [0.2, 0.25) is 0 Å². The third kappa shape index (κ3) is 2.56. The highest BCUT2D eigenvalue weighted by Crippen LogP contribution is 2.17. The Labute approximate surface area is 118 Å². The van der Waals surface area contributed by atoms with Crippen LogP contribution in [0.25, 0.3) is 10.9 Å². The van der Waals surface area contributed by atoms with Crippen LogP contribution in [0.3, 0.4) is 0 Å². The summed E-state index contributed by atoms with van der Waals surface area (Å²) in [4.78, 5) is 8.70. The zero-order valence-electron chi connectivity index (χ0n) is 11.4. The minimum absolute atomic E-state index is 0.654. The van der Waals surface area contributed by atoms with Gasteiger partial charge in [-0.25, -0.2) is 4.98 Å². The quantitative estimate of drug-likeness (QED) is 0.770. The molecule has 2 N–H and O–H groups in total. The maximum Gasteiger partial charge on any atom is 0.0948 e. The highest BCUT2D eigenvalue weighted by molar-refractivity contribution is 5.81. The highest BCUT2D eigenvalue weighted by atomic mass is 15.0. The van der Waals surface area contributed by atoms with Gasteiger partial charge in [-0.15, -0.1) is 0 Å². The van der Waals surface area contributed by atoms with E-state index in [1.807, 2.05) is 24.8 Å². The SMILES string of the molecule is NCCc1cncn1CCc1cccc2cccnc12. The standard InChI is InChI=1S/C16H18N4/c17-8-6-15-11-18-12-20(15)10-7-14-4-1-3-13-5-2-9-19-16(13)14/h1-5,9,11-12H,6-8,10,17H2. The Morgan fingerprint density at radius 3 is 2.90 bits per heavy atom. The van der Waals surface area contributed by atoms with E-state index in [9.17, 15) is 0 Å². The minimum Gasteiger partial charge on any atom is -0.334 e. The number of nitrogens with two attached hydrogens (primary N) is 1. The van der Waals surface area contributed by atoms with Crippen molar-refractivity contribution in [1.82, 2.24) is 14.5 Å². The lowest BCUT2D eigenvalue weighted by Crippen LogP contribution is -2.10. The molecule has 4 nitrogen and oxygen atoms in total. The van der Waals surface area contributed by atoms with Gasteiger partial charge in [-0.3, -0.25) is 4.98 Å². The second-order valence-corrected chi connectivity index (χ2v) is 4.86. The number of nitrogens with zero attached hydrogens (tertiary/aromatic N) is 3. The maximum atomic E-state index is 5.62. The second kappa shape index (κ2) is 5.84. The normalized spacial score (nSPS) is 11.1. The van der Waals surface area contributed by atoms with Crippen molar-refractivity contribution >= 4 is 10.9 Å². The first-order valence-electron chi connectivity index (χ1n) is 6.90. The lowest BCUT2D eigenvalue weighted by Gasteiger charge is -2.09. The van der Waals surface area contributed by atoms with Crippen LogP contribution < -0.4 is 5.73 Å². The Bertz CT molecular complexity index is 697. The zero-order valence-corrected chi connectivity index (χ0v) is 11.4. The van der Waals surface area contributed by atoms with Gasteiger partial charge in [0.15, 0.2) is 0 Å². The Kier molecular flexibility index (Phi) is 3.74. The lowest BCUT2D eigenvalue weighted by molar-refractivity contribution is 0.659. The van der Waals surface area contributed by atoms with E-state index in [0.29, 0.717) is 6.54 Å². The Morgan fingerprint density at radius 2 is 2.00 bits per heavy atom. The fourth-order valence-electron chi connectivity index (χ4n) is 2.52. The largest absolute Gasteiger partial charge is 0.334 e. The van der Waals surface area contributed by atoms with Gasteiger partial charge in [-0.2, -0.15) is 0 Å². The van der Waals surface area contributed by atoms with Crippen molar-refractivity contribution in [1.29, 1.82) is 0 Å². The van der Waals surface area contributed by atoms with Gasteiger partial charge < -0.3 is 10.3 Å². The molecule has 0 amide bonds. The predicted octanol–water partition coefficient (Wildman–Crippen LogP) is 2.18. The van der Waals surface area contributed by atoms with Gasteiger partial charge in [0.05, 0.1) is 11.8 Å². The van der Waals surface area contributed by atoms with Gasteiger partial charge in [-0.05, 0) is 24.6 Å². The molecule has 4 heteroatoms. The van der Waals surface area contributed by atoms with Crippen molar-refractivity contribution < 1.29 is 0 Å². The molecule has 0 radical (unpaired) electrons. The average Bonchev–Trinajstić information content (AvgIpc) is 2.93. The summed E-state index contributed by atoms with van der Waals surface area (Å²) in [5.41, 5.74) is 9.18. The van der Waals surface area contributed by atoms with E-state index >= 15 is 0 Å². The van der Waals surface area contributed by atoms with E-state index in [4.69, 9.17) is 5.73 Å². The van der Waals surface area contributed by atoms with Crippen LogP contribution in [-0.2, 0) is 19.4 Å². The molecule has 1 aromatic carbocycles. The van der Waals surface area contributed by atoms with Crippen molar-refractivity contribution in [2.75, 3.05) is 6.54 Å². The Morgan fingerprint density at radius 1 is 1.10 bits per heavy atom. The van der Waals surface area contributed by atoms with Crippen LogP contribution in [0, 0.1) is 0 Å². The fraction of sp³-hybridized carbons (Fsp3) is 0.250. The van der Waals surface area contributed by atoms with Crippen molar-refractivity contribution in [3.05, 3.63) is 60.3 Å². The van der Waals surface area contributed by atoms with E-state index in [0.717, 1.165) is 24.9 Å². The summed E-state index contributed by atoms with van der Waals surface area (Å²) in [7, 11) is 0. The molecule has 0 saturated heterocycles. The molecular weight excluding hydrogens is 248 g/mol. The molecule has 0 aliphatic carbocycles. The number of hydrogen-bond acceptors (Lipinski definition) is 3. The monoisotopic (exact) mass is 266 g/mol. The topological polar surface area (TPSA) is 56.7 Å². The van der Waals surface area contributed by atoms with Gasteiger partial charge in [0, 0.05) is 36.4 Å². The van der Waals surface area contributed by atoms with E-state index < -0.39 is 0 Å². The zero-order chi connectivity index (χ0) is 13.8. The number of rotatable bonds is 5. The Hall–Kier alpha value is -2.20. The number of aryl methyl sites for hydroxylation is 2. The van der Waals surface area contributed by atoms with Gasteiger partial charge in [0.25, 0.3) is 0 Å². The first-order chi connectivity index (χ1) is 9.88. The van der Waals surface area contributed by atoms with E-state index in [1.54, 1.807) is 0 Å². The van der Waals surface area contributed by atoms with Crippen LogP contribution in [0.5, 0.6) is 0 Å². The fourth-order valence-corrected chi connectivity index (χ4v) is 2.52. The minimum atomic E-state index is 0.654. The molecule has 0 fully saturated rings. The molecule has 0 bridgehead atoms. The second-order valence-electron chi connectivity index (χ2n) is 4.86. The molecule has 102 valence electrons. The number of para-hydroxylation sites is 1. The van der Waals surface area contributed by atoms with Gasteiger partial charge in [0.2, 0.25) is 0 Å². The summed E-state index contributed by atoms with van der Waals surface area (Å²) in [5.74, 6) is 0. The van der Waals surface area contributed by atoms with Crippen molar-refractivity contribution in [2.45, 2.75) is 19.4 Å². The van der Waals surface area contributed by atoms with Crippen molar-refractivity contribution in [3.63, 3.8) is 0 Å². The lowest BCUT2D eigenvalue weighted by atomic mass is 10.1. The molecule has 20 heavy (non-hydrogen) atoms. The predicted molar refractivity (Wildman–Crippen MR) is 80.4 cm³/mol. The molecule has 3 rings (SSSR count). The first-order valence-corrected chi connectivity index (χ1v) is 6.90. The van der Waals surface area contributed by atoms with Gasteiger partial charge in [0.1, 0.15) is 0 Å². The smallest absolute Gasteiger partial charge is 0.0948 e. The van der Waals surface area contributed by atoms with E-state index in [-0.39, 0.29) is 0 Å². The molecule has 0 aliphatic rings. The molecule has 2 heterocycles. The average molecular weight is 266 g/mol. The number of pyridine rings is 1. The summed E-state index contributed by atoms with van der Waals surface area (Å²) < 4.78 is 2.18. The molecular formula is C16H18N4. The highest BCUT2D eigenvalue weighted by Gasteiger charge is 2.04. The number of aromatic nitrogens is 3. The van der Waals surface area contributed by atoms with Crippen LogP contribution >= 0.6 is 0 Å². The maximum absolute atomic E-state index is 5.62. The molecule has 0 saturated carbocycles. The first kappa shape index (κ1) is 12.8. The van der Waals surface area contributed by atoms with Crippen LogP contribution in [0.15, 0.2) is 49.1 Å². The molecule has 3 aromatic rings. The molecule has 0 aliphatic heterocycles. The van der Waals surface area contributed by atoms with Gasteiger partial charge in [-0.1, -0.05) is 24.3 Å². The Balaban J connectivity index is 1.81. The van der Waals surface area contributed by atoms with Crippen LogP contribution in [0.1, 0.15) is 11.3 Å². The van der Waals surface area contributed by atoms with E-state index in [1.165, 1.54) is 16.6 Å². The summed E-state index contributed by atoms with van der Waals surface area (Å²) >= 11 is 0. The van der Waals surface area contributed by atoms with Crippen molar-refractivity contribution in [2.24, 2.45) is 5.73 Å². The number of fused-ring (bicyclic) bond motifs is 1. The third-order valence-electron chi connectivity index (χ3n) is 3.54. The molecule has 0 atom stereocenters. The van der Waals surface area contributed by atoms with Gasteiger partial charge >= 0.3 is 0 Å². The van der Waals surface area contributed by atoms with Crippen molar-refractivity contribution in [3.8, 4) is 0 Å². The summed E-state index contributed by atoms with van der Waals surface area (Å²) in [6.07, 6.45) is 7.44. The number of imidazole rings is 1. The third-order valence-corrected chi connectivity index (χ3v) is 3.54. The van der Waals surface area contributed by atoms with E-state index in [2.05, 4.69) is 38.8 Å². The van der Waals surface area contributed by atoms with Crippen LogP contribution in [0.4, 0.5) is 0 Å². The molecule has 0 unspecified atom stereocenters. The summed E-state index contributed by atoms with van der Waals surface area (Å²) in [5, 5.41) is 1.19. The summed E-state index contributed by atoms with van der Waals surface area (Å²) in [6, 6.07) is 10.4. The molecule has 2 aromatic heterocycles. The van der Waals surface area contributed by atoms with Crippen LogP contribution in [-0.4, -0.2) is 21.1 Å². The summed E-state index contributed by atoms with van der Waals surface area (Å²) in [6.45, 7) is 1.56. The number of benzene rings is 1. The molecule has 0 spiro atoms. The number of hydrogen-bond donors (Lipinski definition) is 1.